The van der Waals surface area contributed by atoms with Gasteiger partial charge in [0, 0.05) is 51.3 Å². The summed E-state index contributed by atoms with van der Waals surface area (Å²) in [5.74, 6) is 0.668. The maximum absolute atomic E-state index is 5.64. The molecule has 0 amide bonds. The molecule has 106 valence electrons. The summed E-state index contributed by atoms with van der Waals surface area (Å²) in [5.41, 5.74) is 0. The summed E-state index contributed by atoms with van der Waals surface area (Å²) in [6.07, 6.45) is 2.44. The van der Waals surface area contributed by atoms with Gasteiger partial charge in [0.05, 0.1) is 6.61 Å². The van der Waals surface area contributed by atoms with Crippen LogP contribution < -0.4 is 5.32 Å². The van der Waals surface area contributed by atoms with E-state index in [4.69, 9.17) is 4.74 Å². The van der Waals surface area contributed by atoms with Gasteiger partial charge in [0.15, 0.2) is 0 Å². The highest BCUT2D eigenvalue weighted by Crippen LogP contribution is 2.17. The first-order valence-corrected chi connectivity index (χ1v) is 7.53. The number of hydrogen-bond donors (Lipinski definition) is 1. The van der Waals surface area contributed by atoms with Crippen LogP contribution >= 0.6 is 0 Å². The standard InChI is InChI=1S/C14H29N3O/c1-3-5-16-6-8-17(9-7-16)11-13-12-18-10-4-14(13)15-2/h13-15H,3-12H2,1-2H3. The van der Waals surface area contributed by atoms with Gasteiger partial charge in [0.25, 0.3) is 0 Å². The van der Waals surface area contributed by atoms with E-state index in [9.17, 15) is 0 Å². The number of ether oxygens (including phenoxy) is 1. The van der Waals surface area contributed by atoms with Gasteiger partial charge >= 0.3 is 0 Å². The van der Waals surface area contributed by atoms with Crippen molar-refractivity contribution >= 4 is 0 Å². The van der Waals surface area contributed by atoms with Gasteiger partial charge < -0.3 is 19.9 Å². The number of nitrogens with one attached hydrogen (secondary N) is 1. The second kappa shape index (κ2) is 7.43. The van der Waals surface area contributed by atoms with Crippen LogP contribution in [0.25, 0.3) is 0 Å². The highest BCUT2D eigenvalue weighted by atomic mass is 16.5. The van der Waals surface area contributed by atoms with Gasteiger partial charge in [-0.15, -0.1) is 0 Å². The molecule has 0 aromatic heterocycles. The van der Waals surface area contributed by atoms with E-state index < -0.39 is 0 Å². The van der Waals surface area contributed by atoms with Crippen LogP contribution in [0.4, 0.5) is 0 Å². The first kappa shape index (κ1) is 14.3. The van der Waals surface area contributed by atoms with Crippen LogP contribution in [0.15, 0.2) is 0 Å². The Balaban J connectivity index is 1.73. The molecule has 0 saturated carbocycles. The van der Waals surface area contributed by atoms with E-state index in [1.54, 1.807) is 0 Å². The average Bonchev–Trinajstić information content (AvgIpc) is 2.42. The average molecular weight is 255 g/mol. The van der Waals surface area contributed by atoms with Crippen molar-refractivity contribution in [2.45, 2.75) is 25.8 Å². The Hall–Kier alpha value is -0.160. The number of rotatable bonds is 5. The largest absolute Gasteiger partial charge is 0.381 e. The minimum Gasteiger partial charge on any atom is -0.381 e. The summed E-state index contributed by atoms with van der Waals surface area (Å²) in [5, 5.41) is 3.46. The lowest BCUT2D eigenvalue weighted by Gasteiger charge is -2.39. The fourth-order valence-electron chi connectivity index (χ4n) is 3.20. The first-order chi connectivity index (χ1) is 8.83. The molecule has 0 bridgehead atoms. The van der Waals surface area contributed by atoms with Gasteiger partial charge in [-0.2, -0.15) is 0 Å². The van der Waals surface area contributed by atoms with E-state index in [2.05, 4.69) is 29.1 Å². The zero-order chi connectivity index (χ0) is 12.8. The molecule has 18 heavy (non-hydrogen) atoms. The second-order valence-electron chi connectivity index (χ2n) is 5.66. The Morgan fingerprint density at radius 1 is 1.17 bits per heavy atom. The quantitative estimate of drug-likeness (QED) is 0.780. The van der Waals surface area contributed by atoms with Gasteiger partial charge in [-0.3, -0.25) is 0 Å². The Bertz CT molecular complexity index is 229. The van der Waals surface area contributed by atoms with Gasteiger partial charge in [-0.25, -0.2) is 0 Å². The minimum absolute atomic E-state index is 0.646. The Morgan fingerprint density at radius 3 is 2.56 bits per heavy atom. The van der Waals surface area contributed by atoms with Gasteiger partial charge in [-0.1, -0.05) is 6.92 Å². The third-order valence-electron chi connectivity index (χ3n) is 4.34. The molecule has 2 atom stereocenters. The second-order valence-corrected chi connectivity index (χ2v) is 5.66. The van der Waals surface area contributed by atoms with Crippen LogP contribution in [-0.4, -0.2) is 75.4 Å². The van der Waals surface area contributed by atoms with Crippen LogP contribution in [-0.2, 0) is 4.74 Å². The van der Waals surface area contributed by atoms with Gasteiger partial charge in [-0.05, 0) is 26.4 Å². The van der Waals surface area contributed by atoms with Crippen LogP contribution in [0.5, 0.6) is 0 Å². The van der Waals surface area contributed by atoms with E-state index >= 15 is 0 Å². The highest BCUT2D eigenvalue weighted by molar-refractivity contribution is 4.83. The van der Waals surface area contributed by atoms with E-state index in [0.717, 1.165) is 19.6 Å². The van der Waals surface area contributed by atoms with Crippen molar-refractivity contribution in [1.29, 1.82) is 0 Å². The molecular formula is C14H29N3O. The summed E-state index contributed by atoms with van der Waals surface area (Å²) < 4.78 is 5.64. The van der Waals surface area contributed by atoms with E-state index in [-0.39, 0.29) is 0 Å². The van der Waals surface area contributed by atoms with Crippen LogP contribution in [0.3, 0.4) is 0 Å². The fraction of sp³-hybridized carbons (Fsp3) is 1.00. The SMILES string of the molecule is CCCN1CCN(CC2COCCC2NC)CC1. The molecule has 0 spiro atoms. The zero-order valence-electron chi connectivity index (χ0n) is 12.0. The molecule has 4 nitrogen and oxygen atoms in total. The lowest BCUT2D eigenvalue weighted by molar-refractivity contribution is 0.0105. The predicted molar refractivity (Wildman–Crippen MR) is 74.9 cm³/mol. The molecule has 1 N–H and O–H groups in total. The predicted octanol–water partition coefficient (Wildman–Crippen LogP) is 0.639. The molecule has 4 heteroatoms. The van der Waals surface area contributed by atoms with Crippen LogP contribution in [0.1, 0.15) is 19.8 Å². The third kappa shape index (κ3) is 3.92. The lowest BCUT2D eigenvalue weighted by atomic mass is 9.95. The summed E-state index contributed by atoms with van der Waals surface area (Å²) in [6.45, 7) is 11.5. The molecule has 0 radical (unpaired) electrons. The highest BCUT2D eigenvalue weighted by Gasteiger charge is 2.27. The first-order valence-electron chi connectivity index (χ1n) is 7.53. The smallest absolute Gasteiger partial charge is 0.0521 e. The van der Waals surface area contributed by atoms with E-state index in [0.29, 0.717) is 12.0 Å². The Labute approximate surface area is 112 Å². The number of piperazine rings is 1. The molecule has 2 aliphatic heterocycles. The molecule has 2 aliphatic rings. The molecule has 0 aliphatic carbocycles. The molecule has 2 saturated heterocycles. The van der Waals surface area contributed by atoms with Crippen molar-refractivity contribution < 1.29 is 4.74 Å². The summed E-state index contributed by atoms with van der Waals surface area (Å²) >= 11 is 0. The maximum Gasteiger partial charge on any atom is 0.0521 e. The van der Waals surface area contributed by atoms with Crippen molar-refractivity contribution in [3.05, 3.63) is 0 Å². The number of hydrogen-bond acceptors (Lipinski definition) is 4. The lowest BCUT2D eigenvalue weighted by Crippen LogP contribution is -2.52. The molecular weight excluding hydrogens is 226 g/mol. The normalized spacial score (nSPS) is 31.7. The van der Waals surface area contributed by atoms with Gasteiger partial charge in [0.2, 0.25) is 0 Å². The summed E-state index contributed by atoms with van der Waals surface area (Å²) in [7, 11) is 2.09. The van der Waals surface area contributed by atoms with Crippen LogP contribution in [0.2, 0.25) is 0 Å². The number of nitrogens with zero attached hydrogens (tertiary/aromatic N) is 2. The van der Waals surface area contributed by atoms with Crippen LogP contribution in [0, 0.1) is 5.92 Å². The molecule has 2 unspecified atom stereocenters. The van der Waals surface area contributed by atoms with E-state index in [1.807, 2.05) is 0 Å². The molecule has 2 heterocycles. The summed E-state index contributed by atoms with van der Waals surface area (Å²) in [6, 6.07) is 0.646. The monoisotopic (exact) mass is 255 g/mol. The maximum atomic E-state index is 5.64. The molecule has 0 aromatic rings. The van der Waals surface area contributed by atoms with Crippen molar-refractivity contribution in [2.24, 2.45) is 5.92 Å². The minimum atomic E-state index is 0.646. The van der Waals surface area contributed by atoms with E-state index in [1.165, 1.54) is 45.7 Å². The summed E-state index contributed by atoms with van der Waals surface area (Å²) in [4.78, 5) is 5.21. The van der Waals surface area contributed by atoms with Crippen molar-refractivity contribution in [3.8, 4) is 0 Å². The van der Waals surface area contributed by atoms with Gasteiger partial charge in [0.1, 0.15) is 0 Å². The Morgan fingerprint density at radius 2 is 1.89 bits per heavy atom. The molecule has 2 rings (SSSR count). The molecule has 0 aromatic carbocycles. The topological polar surface area (TPSA) is 27.7 Å². The Kier molecular flexibility index (Phi) is 5.89. The van der Waals surface area contributed by atoms with Crippen molar-refractivity contribution in [3.63, 3.8) is 0 Å². The van der Waals surface area contributed by atoms with Crippen molar-refractivity contribution in [1.82, 2.24) is 15.1 Å². The third-order valence-corrected chi connectivity index (χ3v) is 4.34. The zero-order valence-corrected chi connectivity index (χ0v) is 12.0. The molecule has 2 fully saturated rings. The van der Waals surface area contributed by atoms with Crippen molar-refractivity contribution in [2.75, 3.05) is 59.5 Å². The fourth-order valence-corrected chi connectivity index (χ4v) is 3.20.